The number of nitrogens with one attached hydrogen (secondary N) is 1. The smallest absolute Gasteiger partial charge is 0.188 e. The van der Waals surface area contributed by atoms with Crippen molar-refractivity contribution in [2.75, 3.05) is 65.6 Å². The topological polar surface area (TPSA) is 66.1 Å². The molecule has 140 valence electrons. The number of ether oxygens (including phenoxy) is 1. The van der Waals surface area contributed by atoms with Gasteiger partial charge >= 0.3 is 0 Å². The van der Waals surface area contributed by atoms with Gasteiger partial charge in [-0.05, 0) is 44.2 Å². The van der Waals surface area contributed by atoms with Gasteiger partial charge in [0.2, 0.25) is 0 Å². The number of nitrogens with zero attached hydrogens (tertiary/aromatic N) is 3. The first-order chi connectivity index (χ1) is 11.6. The Kier molecular flexibility index (Phi) is 8.84. The van der Waals surface area contributed by atoms with Crippen molar-refractivity contribution < 1.29 is 4.74 Å². The molecule has 6 nitrogen and oxygen atoms in total. The molecule has 0 spiro atoms. The summed E-state index contributed by atoms with van der Waals surface area (Å²) in [4.78, 5) is 9.48. The fraction of sp³-hybridized carbons (Fsp3) is 0.944. The Bertz CT molecular complexity index is 360. The van der Waals surface area contributed by atoms with Gasteiger partial charge in [-0.1, -0.05) is 13.8 Å². The Balaban J connectivity index is 1.49. The minimum absolute atomic E-state index is 0.595. The number of aliphatic imine (C=N–C) groups is 1. The van der Waals surface area contributed by atoms with Crippen LogP contribution in [0.5, 0.6) is 0 Å². The highest BCUT2D eigenvalue weighted by atomic mass is 16.5. The van der Waals surface area contributed by atoms with E-state index < -0.39 is 0 Å². The van der Waals surface area contributed by atoms with Crippen LogP contribution in [0.15, 0.2) is 4.99 Å². The number of guanidine groups is 1. The number of likely N-dealkylation sites (tertiary alicyclic amines) is 1. The molecule has 0 aromatic rings. The van der Waals surface area contributed by atoms with Crippen molar-refractivity contribution >= 4 is 5.96 Å². The number of piperidine rings is 1. The standard InChI is InChI=1S/C18H37N5O/c1-16-13-17(2)15-23(14-16)8-4-6-21-18(19)20-5-3-7-22-9-11-24-12-10-22/h16-17H,3-15H2,1-2H3,(H3,19,20,21). The SMILES string of the molecule is CC1CC(C)CN(CCCN=C(N)NCCCN2CCOCC2)C1. The van der Waals surface area contributed by atoms with Crippen LogP contribution in [-0.2, 0) is 4.74 Å². The lowest BCUT2D eigenvalue weighted by Gasteiger charge is -2.34. The van der Waals surface area contributed by atoms with Crippen LogP contribution >= 0.6 is 0 Å². The number of rotatable bonds is 8. The first-order valence-electron chi connectivity index (χ1n) is 9.69. The molecule has 2 atom stereocenters. The molecular formula is C18H37N5O. The molecule has 0 aliphatic carbocycles. The number of hydrogen-bond acceptors (Lipinski definition) is 4. The highest BCUT2D eigenvalue weighted by Crippen LogP contribution is 2.20. The summed E-state index contributed by atoms with van der Waals surface area (Å²) in [6.07, 6.45) is 3.56. The average Bonchev–Trinajstić information content (AvgIpc) is 2.56. The van der Waals surface area contributed by atoms with Crippen molar-refractivity contribution in [1.82, 2.24) is 15.1 Å². The number of nitrogens with two attached hydrogens (primary N) is 1. The van der Waals surface area contributed by atoms with Crippen LogP contribution in [0.25, 0.3) is 0 Å². The monoisotopic (exact) mass is 339 g/mol. The maximum absolute atomic E-state index is 5.95. The van der Waals surface area contributed by atoms with Gasteiger partial charge in [-0.15, -0.1) is 0 Å². The third kappa shape index (κ3) is 7.81. The van der Waals surface area contributed by atoms with Gasteiger partial charge < -0.3 is 20.7 Å². The van der Waals surface area contributed by atoms with Crippen LogP contribution < -0.4 is 11.1 Å². The summed E-state index contributed by atoms with van der Waals surface area (Å²) in [5.74, 6) is 2.25. The molecule has 2 rings (SSSR count). The van der Waals surface area contributed by atoms with Crippen LogP contribution in [0.2, 0.25) is 0 Å². The fourth-order valence-corrected chi connectivity index (χ4v) is 3.87. The van der Waals surface area contributed by atoms with Gasteiger partial charge in [-0.2, -0.15) is 0 Å². The first-order valence-corrected chi connectivity index (χ1v) is 9.69. The number of hydrogen-bond donors (Lipinski definition) is 2. The van der Waals surface area contributed by atoms with Crippen molar-refractivity contribution in [3.8, 4) is 0 Å². The zero-order chi connectivity index (χ0) is 17.2. The zero-order valence-corrected chi connectivity index (χ0v) is 15.7. The Morgan fingerprint density at radius 1 is 1.08 bits per heavy atom. The van der Waals surface area contributed by atoms with Gasteiger partial charge in [0.1, 0.15) is 0 Å². The Morgan fingerprint density at radius 2 is 1.75 bits per heavy atom. The van der Waals surface area contributed by atoms with Crippen LogP contribution in [0.4, 0.5) is 0 Å². The molecule has 2 aliphatic heterocycles. The molecule has 0 aromatic heterocycles. The Labute approximate surface area is 147 Å². The van der Waals surface area contributed by atoms with Crippen molar-refractivity contribution in [1.29, 1.82) is 0 Å². The molecule has 2 aliphatic rings. The summed E-state index contributed by atoms with van der Waals surface area (Å²) in [5, 5.41) is 3.23. The second-order valence-corrected chi connectivity index (χ2v) is 7.56. The summed E-state index contributed by atoms with van der Waals surface area (Å²) in [6.45, 7) is 15.0. The third-order valence-corrected chi connectivity index (χ3v) is 4.92. The minimum atomic E-state index is 0.595. The van der Waals surface area contributed by atoms with Gasteiger partial charge in [-0.25, -0.2) is 0 Å². The molecule has 2 heterocycles. The molecule has 2 saturated heterocycles. The Morgan fingerprint density at radius 3 is 2.46 bits per heavy atom. The van der Waals surface area contributed by atoms with Crippen LogP contribution in [0.3, 0.4) is 0 Å². The van der Waals surface area contributed by atoms with Crippen LogP contribution in [0, 0.1) is 11.8 Å². The van der Waals surface area contributed by atoms with Gasteiger partial charge in [0.15, 0.2) is 5.96 Å². The fourth-order valence-electron chi connectivity index (χ4n) is 3.87. The van der Waals surface area contributed by atoms with E-state index in [0.717, 1.165) is 77.2 Å². The molecule has 24 heavy (non-hydrogen) atoms. The van der Waals surface area contributed by atoms with E-state index in [1.807, 2.05) is 0 Å². The molecule has 0 amide bonds. The molecule has 0 radical (unpaired) electrons. The predicted molar refractivity (Wildman–Crippen MR) is 100 cm³/mol. The molecular weight excluding hydrogens is 302 g/mol. The molecule has 0 aromatic carbocycles. The van der Waals surface area contributed by atoms with Gasteiger partial charge in [0.05, 0.1) is 13.2 Å². The summed E-state index contributed by atoms with van der Waals surface area (Å²) in [7, 11) is 0. The second kappa shape index (κ2) is 10.9. The van der Waals surface area contributed by atoms with E-state index in [0.29, 0.717) is 5.96 Å². The van der Waals surface area contributed by atoms with E-state index in [1.165, 1.54) is 19.5 Å². The van der Waals surface area contributed by atoms with Crippen molar-refractivity contribution in [3.05, 3.63) is 0 Å². The van der Waals surface area contributed by atoms with E-state index in [4.69, 9.17) is 10.5 Å². The van der Waals surface area contributed by atoms with Crippen molar-refractivity contribution in [2.24, 2.45) is 22.6 Å². The largest absolute Gasteiger partial charge is 0.379 e. The minimum Gasteiger partial charge on any atom is -0.379 e. The van der Waals surface area contributed by atoms with E-state index in [9.17, 15) is 0 Å². The molecule has 3 N–H and O–H groups in total. The third-order valence-electron chi connectivity index (χ3n) is 4.92. The first kappa shape index (κ1) is 19.5. The molecule has 2 unspecified atom stereocenters. The van der Waals surface area contributed by atoms with Crippen LogP contribution in [0.1, 0.15) is 33.1 Å². The molecule has 6 heteroatoms. The van der Waals surface area contributed by atoms with Crippen molar-refractivity contribution in [2.45, 2.75) is 33.1 Å². The highest BCUT2D eigenvalue weighted by molar-refractivity contribution is 5.77. The maximum Gasteiger partial charge on any atom is 0.188 e. The zero-order valence-electron chi connectivity index (χ0n) is 15.7. The van der Waals surface area contributed by atoms with E-state index in [1.54, 1.807) is 0 Å². The normalized spacial score (nSPS) is 27.3. The summed E-state index contributed by atoms with van der Waals surface area (Å²) in [6, 6.07) is 0. The molecule has 0 bridgehead atoms. The Hall–Kier alpha value is -0.850. The van der Waals surface area contributed by atoms with Gasteiger partial charge in [0, 0.05) is 39.3 Å². The molecule has 0 saturated carbocycles. The van der Waals surface area contributed by atoms with Crippen molar-refractivity contribution in [3.63, 3.8) is 0 Å². The second-order valence-electron chi connectivity index (χ2n) is 7.56. The van der Waals surface area contributed by atoms with Gasteiger partial charge in [0.25, 0.3) is 0 Å². The van der Waals surface area contributed by atoms with E-state index in [-0.39, 0.29) is 0 Å². The predicted octanol–water partition coefficient (Wildman–Crippen LogP) is 0.981. The molecule has 2 fully saturated rings. The van der Waals surface area contributed by atoms with Crippen LogP contribution in [-0.4, -0.2) is 81.3 Å². The lowest BCUT2D eigenvalue weighted by Crippen LogP contribution is -2.39. The summed E-state index contributed by atoms with van der Waals surface area (Å²) in [5.41, 5.74) is 5.95. The quantitative estimate of drug-likeness (QED) is 0.392. The lowest BCUT2D eigenvalue weighted by molar-refractivity contribution is 0.0376. The average molecular weight is 340 g/mol. The maximum atomic E-state index is 5.95. The summed E-state index contributed by atoms with van der Waals surface area (Å²) >= 11 is 0. The highest BCUT2D eigenvalue weighted by Gasteiger charge is 2.20. The van der Waals surface area contributed by atoms with E-state index in [2.05, 4.69) is 34.0 Å². The van der Waals surface area contributed by atoms with E-state index >= 15 is 0 Å². The lowest BCUT2D eigenvalue weighted by atomic mass is 9.92. The number of morpholine rings is 1. The summed E-state index contributed by atoms with van der Waals surface area (Å²) < 4.78 is 5.35. The van der Waals surface area contributed by atoms with Gasteiger partial charge in [-0.3, -0.25) is 9.89 Å².